The first-order chi connectivity index (χ1) is 8.59. The summed E-state index contributed by atoms with van der Waals surface area (Å²) in [4.78, 5) is 14.3. The Hall–Kier alpha value is -2.45. The van der Waals surface area contributed by atoms with E-state index in [1.165, 1.54) is 11.0 Å². The van der Waals surface area contributed by atoms with Crippen molar-refractivity contribution in [2.45, 2.75) is 13.3 Å². The maximum absolute atomic E-state index is 10.9. The van der Waals surface area contributed by atoms with Gasteiger partial charge in [-0.05, 0) is 6.92 Å². The molecule has 0 aliphatic heterocycles. The van der Waals surface area contributed by atoms with Gasteiger partial charge in [-0.2, -0.15) is 10.1 Å². The molecule has 0 radical (unpaired) electrons. The molecule has 0 saturated carbocycles. The van der Waals surface area contributed by atoms with E-state index in [1.807, 2.05) is 0 Å². The largest absolute Gasteiger partial charge is 0.364 e. The second-order valence-corrected chi connectivity index (χ2v) is 3.68. The first-order valence-corrected chi connectivity index (χ1v) is 5.27. The Bertz CT molecular complexity index is 547. The van der Waals surface area contributed by atoms with E-state index in [-0.39, 0.29) is 5.69 Å². The molecule has 2 aromatic rings. The maximum atomic E-state index is 10.9. The van der Waals surface area contributed by atoms with Gasteiger partial charge in [-0.3, -0.25) is 10.1 Å². The summed E-state index contributed by atoms with van der Waals surface area (Å²) in [5.74, 6) is 0.848. The lowest BCUT2D eigenvalue weighted by molar-refractivity contribution is -0.384. The zero-order valence-electron chi connectivity index (χ0n) is 9.95. The molecule has 96 valence electrons. The molecule has 2 aromatic heterocycles. The number of aromatic nitrogens is 4. The van der Waals surface area contributed by atoms with Crippen molar-refractivity contribution in [3.8, 4) is 0 Å². The molecule has 9 heteroatoms. The number of rotatable bonds is 5. The third kappa shape index (κ3) is 2.29. The van der Waals surface area contributed by atoms with Crippen LogP contribution in [0.1, 0.15) is 11.6 Å². The van der Waals surface area contributed by atoms with Crippen molar-refractivity contribution in [3.63, 3.8) is 0 Å². The monoisotopic (exact) mass is 252 g/mol. The normalized spacial score (nSPS) is 10.6. The summed E-state index contributed by atoms with van der Waals surface area (Å²) < 4.78 is 6.27. The first kappa shape index (κ1) is 12.0. The van der Waals surface area contributed by atoms with Crippen molar-refractivity contribution < 1.29 is 9.45 Å². The van der Waals surface area contributed by atoms with Gasteiger partial charge in [-0.1, -0.05) is 5.16 Å². The van der Waals surface area contributed by atoms with Crippen LogP contribution in [0, 0.1) is 17.0 Å². The highest BCUT2D eigenvalue weighted by Gasteiger charge is 2.23. The van der Waals surface area contributed by atoms with Gasteiger partial charge in [0.1, 0.15) is 5.69 Å². The van der Waals surface area contributed by atoms with Crippen LogP contribution in [-0.4, -0.2) is 31.4 Å². The van der Waals surface area contributed by atoms with Crippen LogP contribution in [0.5, 0.6) is 0 Å². The molecule has 9 nitrogen and oxygen atoms in total. The predicted octanol–water partition coefficient (Wildman–Crippen LogP) is 0.674. The summed E-state index contributed by atoms with van der Waals surface area (Å²) in [5, 5.41) is 21.4. The van der Waals surface area contributed by atoms with Crippen LogP contribution in [-0.2, 0) is 13.5 Å². The van der Waals surface area contributed by atoms with E-state index in [0.29, 0.717) is 30.4 Å². The summed E-state index contributed by atoms with van der Waals surface area (Å²) in [6.07, 6.45) is 1.80. The molecule has 1 N–H and O–H groups in total. The van der Waals surface area contributed by atoms with Gasteiger partial charge in [-0.25, -0.2) is 4.68 Å². The van der Waals surface area contributed by atoms with E-state index in [9.17, 15) is 10.1 Å². The molecule has 0 aromatic carbocycles. The summed E-state index contributed by atoms with van der Waals surface area (Å²) in [5.41, 5.74) is 0.366. The Morgan fingerprint density at radius 1 is 1.61 bits per heavy atom. The molecule has 0 atom stereocenters. The predicted molar refractivity (Wildman–Crippen MR) is 61.1 cm³/mol. The van der Waals surface area contributed by atoms with E-state index in [1.54, 1.807) is 14.0 Å². The molecule has 0 saturated heterocycles. The fourth-order valence-electron chi connectivity index (χ4n) is 1.66. The summed E-state index contributed by atoms with van der Waals surface area (Å²) >= 11 is 0. The Morgan fingerprint density at radius 3 is 3.00 bits per heavy atom. The molecule has 2 heterocycles. The van der Waals surface area contributed by atoms with Gasteiger partial charge in [-0.15, -0.1) is 0 Å². The number of nitrogens with zero attached hydrogens (tertiary/aromatic N) is 5. The zero-order chi connectivity index (χ0) is 13.1. The van der Waals surface area contributed by atoms with Crippen molar-refractivity contribution in [1.82, 2.24) is 19.9 Å². The van der Waals surface area contributed by atoms with Crippen LogP contribution in [0.15, 0.2) is 10.9 Å². The average molecular weight is 252 g/mol. The van der Waals surface area contributed by atoms with Gasteiger partial charge < -0.3 is 9.84 Å². The second kappa shape index (κ2) is 4.82. The molecule has 0 amide bonds. The lowest BCUT2D eigenvalue weighted by Crippen LogP contribution is -2.10. The topological polar surface area (TPSA) is 112 Å². The molecular formula is C9H12N6O3. The van der Waals surface area contributed by atoms with Gasteiger partial charge in [0, 0.05) is 20.0 Å². The van der Waals surface area contributed by atoms with Crippen molar-refractivity contribution in [1.29, 1.82) is 0 Å². The highest BCUT2D eigenvalue weighted by Crippen LogP contribution is 2.26. The molecule has 2 rings (SSSR count). The number of hydrogen-bond donors (Lipinski definition) is 1. The SMILES string of the molecule is Cc1nn(C)c(NCCc2ncno2)c1[N+](=O)[O-]. The second-order valence-electron chi connectivity index (χ2n) is 3.68. The van der Waals surface area contributed by atoms with Gasteiger partial charge >= 0.3 is 5.69 Å². The van der Waals surface area contributed by atoms with Crippen molar-refractivity contribution in [2.75, 3.05) is 11.9 Å². The van der Waals surface area contributed by atoms with Gasteiger partial charge in [0.15, 0.2) is 6.33 Å². The van der Waals surface area contributed by atoms with Crippen LogP contribution in [0.4, 0.5) is 11.5 Å². The third-order valence-corrected chi connectivity index (χ3v) is 2.41. The van der Waals surface area contributed by atoms with Crippen molar-refractivity contribution in [2.24, 2.45) is 7.05 Å². The minimum absolute atomic E-state index is 0.0111. The van der Waals surface area contributed by atoms with Crippen molar-refractivity contribution >= 4 is 11.5 Å². The Balaban J connectivity index is 2.07. The molecule has 18 heavy (non-hydrogen) atoms. The molecular weight excluding hydrogens is 240 g/mol. The van der Waals surface area contributed by atoms with Crippen LogP contribution in [0.25, 0.3) is 0 Å². The molecule has 0 unspecified atom stereocenters. The number of nitrogens with one attached hydrogen (secondary N) is 1. The van der Waals surface area contributed by atoms with Crippen LogP contribution >= 0.6 is 0 Å². The number of aryl methyl sites for hydroxylation is 2. The van der Waals surface area contributed by atoms with Crippen molar-refractivity contribution in [3.05, 3.63) is 28.0 Å². The lowest BCUT2D eigenvalue weighted by Gasteiger charge is -2.03. The Labute approximate surface area is 102 Å². The standard InChI is InChI=1S/C9H12N6O3/c1-6-8(15(16)17)9(14(2)13-6)10-4-3-7-11-5-12-18-7/h5,10H,3-4H2,1-2H3. The number of anilines is 1. The third-order valence-electron chi connectivity index (χ3n) is 2.41. The Morgan fingerprint density at radius 2 is 2.39 bits per heavy atom. The Kier molecular flexibility index (Phi) is 3.22. The van der Waals surface area contributed by atoms with Gasteiger partial charge in [0.25, 0.3) is 0 Å². The van der Waals surface area contributed by atoms with E-state index in [0.717, 1.165) is 0 Å². The minimum atomic E-state index is -0.447. The van der Waals surface area contributed by atoms with Crippen LogP contribution in [0.3, 0.4) is 0 Å². The summed E-state index contributed by atoms with van der Waals surface area (Å²) in [6.45, 7) is 2.04. The zero-order valence-corrected chi connectivity index (χ0v) is 9.95. The van der Waals surface area contributed by atoms with E-state index < -0.39 is 4.92 Å². The van der Waals surface area contributed by atoms with E-state index in [2.05, 4.69) is 20.6 Å². The smallest absolute Gasteiger partial charge is 0.333 e. The van der Waals surface area contributed by atoms with Crippen LogP contribution in [0.2, 0.25) is 0 Å². The van der Waals surface area contributed by atoms with E-state index in [4.69, 9.17) is 4.52 Å². The van der Waals surface area contributed by atoms with Gasteiger partial charge in [0.05, 0.1) is 4.92 Å². The quantitative estimate of drug-likeness (QED) is 0.614. The highest BCUT2D eigenvalue weighted by molar-refractivity contribution is 5.59. The minimum Gasteiger partial charge on any atom is -0.364 e. The highest BCUT2D eigenvalue weighted by atomic mass is 16.6. The molecule has 0 bridgehead atoms. The molecule has 0 fully saturated rings. The molecule has 0 aliphatic rings. The maximum Gasteiger partial charge on any atom is 0.333 e. The fourth-order valence-corrected chi connectivity index (χ4v) is 1.66. The average Bonchev–Trinajstić information content (AvgIpc) is 2.87. The number of hydrogen-bond acceptors (Lipinski definition) is 7. The number of nitro groups is 1. The first-order valence-electron chi connectivity index (χ1n) is 5.27. The summed E-state index contributed by atoms with van der Waals surface area (Å²) in [7, 11) is 1.65. The summed E-state index contributed by atoms with van der Waals surface area (Å²) in [6, 6.07) is 0. The van der Waals surface area contributed by atoms with Crippen LogP contribution < -0.4 is 5.32 Å². The fraction of sp³-hybridized carbons (Fsp3) is 0.444. The molecule has 0 spiro atoms. The van der Waals surface area contributed by atoms with Gasteiger partial charge in [0.2, 0.25) is 11.7 Å². The van der Waals surface area contributed by atoms with E-state index >= 15 is 0 Å². The molecule has 0 aliphatic carbocycles. The lowest BCUT2D eigenvalue weighted by atomic mass is 10.3.